The topological polar surface area (TPSA) is 111 Å². The van der Waals surface area contributed by atoms with Gasteiger partial charge in [-0.2, -0.15) is 0 Å². The Morgan fingerprint density at radius 3 is 2.79 bits per heavy atom. The lowest BCUT2D eigenvalue weighted by atomic mass is 10.3. The van der Waals surface area contributed by atoms with Crippen molar-refractivity contribution in [1.82, 2.24) is 4.72 Å². The van der Waals surface area contributed by atoms with Crippen molar-refractivity contribution in [2.45, 2.75) is 16.7 Å². The Labute approximate surface area is 114 Å². The van der Waals surface area contributed by atoms with Gasteiger partial charge in [0.25, 0.3) is 10.0 Å². The van der Waals surface area contributed by atoms with Crippen LogP contribution in [0, 0.1) is 10.1 Å². The van der Waals surface area contributed by atoms with Crippen molar-refractivity contribution in [2.24, 2.45) is 0 Å². The molecule has 1 aliphatic rings. The van der Waals surface area contributed by atoms with Crippen LogP contribution in [0.3, 0.4) is 0 Å². The molecule has 1 unspecified atom stereocenters. The Morgan fingerprint density at radius 2 is 2.32 bits per heavy atom. The van der Waals surface area contributed by atoms with E-state index in [2.05, 4.69) is 10.0 Å². The molecular formula is C9H13N3O5S2. The fourth-order valence-corrected chi connectivity index (χ4v) is 4.26. The van der Waals surface area contributed by atoms with Crippen molar-refractivity contribution < 1.29 is 18.1 Å². The predicted molar refractivity (Wildman–Crippen MR) is 70.1 cm³/mol. The Kier molecular flexibility index (Phi) is 4.04. The molecule has 1 aromatic rings. The first-order valence-electron chi connectivity index (χ1n) is 5.50. The molecule has 1 saturated heterocycles. The second kappa shape index (κ2) is 5.41. The molecule has 0 aliphatic carbocycles. The summed E-state index contributed by atoms with van der Waals surface area (Å²) in [6.45, 7) is 0.838. The number of hydrogen-bond donors (Lipinski definition) is 2. The van der Waals surface area contributed by atoms with Crippen LogP contribution in [0.2, 0.25) is 0 Å². The number of rotatable bonds is 5. The zero-order chi connectivity index (χ0) is 14.0. The van der Waals surface area contributed by atoms with Gasteiger partial charge >= 0.3 is 5.69 Å². The van der Waals surface area contributed by atoms with E-state index >= 15 is 0 Å². The minimum atomic E-state index is -3.74. The van der Waals surface area contributed by atoms with Crippen LogP contribution in [0.1, 0.15) is 6.42 Å². The van der Waals surface area contributed by atoms with Gasteiger partial charge in [0.15, 0.2) is 5.00 Å². The van der Waals surface area contributed by atoms with E-state index in [9.17, 15) is 18.5 Å². The van der Waals surface area contributed by atoms with Gasteiger partial charge in [0.2, 0.25) is 0 Å². The normalized spacial score (nSPS) is 19.5. The lowest BCUT2D eigenvalue weighted by Crippen LogP contribution is -2.34. The maximum absolute atomic E-state index is 12.1. The number of nitrogens with one attached hydrogen (secondary N) is 2. The zero-order valence-corrected chi connectivity index (χ0v) is 11.7. The third kappa shape index (κ3) is 3.03. The van der Waals surface area contributed by atoms with E-state index in [1.165, 1.54) is 7.05 Å². The number of hydrogen-bond acceptors (Lipinski definition) is 7. The summed E-state index contributed by atoms with van der Waals surface area (Å²) in [6, 6.07) is 0.790. The largest absolute Gasteiger partial charge is 0.380 e. The average molecular weight is 307 g/mol. The van der Waals surface area contributed by atoms with Crippen molar-refractivity contribution in [3.63, 3.8) is 0 Å². The van der Waals surface area contributed by atoms with Gasteiger partial charge in [-0.15, -0.1) is 0 Å². The molecule has 1 atom stereocenters. The molecule has 10 heteroatoms. The molecule has 1 aliphatic heterocycles. The van der Waals surface area contributed by atoms with Crippen molar-refractivity contribution >= 4 is 32.0 Å². The van der Waals surface area contributed by atoms with E-state index in [4.69, 9.17) is 4.74 Å². The summed E-state index contributed by atoms with van der Waals surface area (Å²) in [7, 11) is -2.24. The average Bonchev–Trinajstić information content (AvgIpc) is 2.95. The number of sulfonamides is 1. The first-order chi connectivity index (χ1) is 8.94. The van der Waals surface area contributed by atoms with Crippen LogP contribution in [0.4, 0.5) is 10.7 Å². The molecular weight excluding hydrogens is 294 g/mol. The van der Waals surface area contributed by atoms with E-state index in [-0.39, 0.29) is 20.9 Å². The van der Waals surface area contributed by atoms with Crippen molar-refractivity contribution in [2.75, 3.05) is 25.6 Å². The summed E-state index contributed by atoms with van der Waals surface area (Å²) in [6.07, 6.45) is 0.603. The van der Waals surface area contributed by atoms with Crippen LogP contribution in [0.25, 0.3) is 0 Å². The molecule has 1 fully saturated rings. The summed E-state index contributed by atoms with van der Waals surface area (Å²) in [5, 5.41) is 13.6. The van der Waals surface area contributed by atoms with E-state index in [1.54, 1.807) is 0 Å². The minimum Gasteiger partial charge on any atom is -0.380 e. The van der Waals surface area contributed by atoms with Gasteiger partial charge in [-0.1, -0.05) is 11.3 Å². The van der Waals surface area contributed by atoms with Crippen LogP contribution in [-0.4, -0.2) is 39.6 Å². The van der Waals surface area contributed by atoms with Gasteiger partial charge in [0.05, 0.1) is 11.5 Å². The highest BCUT2D eigenvalue weighted by molar-refractivity contribution is 7.91. The number of nitro groups is 1. The van der Waals surface area contributed by atoms with Gasteiger partial charge in [-0.3, -0.25) is 10.1 Å². The third-order valence-corrected chi connectivity index (χ3v) is 5.77. The molecule has 1 aromatic heterocycles. The Balaban J connectivity index is 2.27. The minimum absolute atomic E-state index is 0.0737. The SMILES string of the molecule is CNc1sc(S(=O)(=O)NC2CCOC2)cc1[N+](=O)[O-]. The summed E-state index contributed by atoms with van der Waals surface area (Å²) in [5.41, 5.74) is -0.240. The number of nitrogens with zero attached hydrogens (tertiary/aromatic N) is 1. The molecule has 0 aromatic carbocycles. The lowest BCUT2D eigenvalue weighted by Gasteiger charge is -2.09. The Morgan fingerprint density at radius 1 is 1.58 bits per heavy atom. The molecule has 2 N–H and O–H groups in total. The summed E-state index contributed by atoms with van der Waals surface area (Å²) in [4.78, 5) is 10.2. The highest BCUT2D eigenvalue weighted by Gasteiger charge is 2.28. The monoisotopic (exact) mass is 307 g/mol. The zero-order valence-electron chi connectivity index (χ0n) is 10.1. The molecule has 106 valence electrons. The van der Waals surface area contributed by atoms with Crippen LogP contribution in [0.15, 0.2) is 10.3 Å². The van der Waals surface area contributed by atoms with Gasteiger partial charge in [-0.25, -0.2) is 13.1 Å². The quantitative estimate of drug-likeness (QED) is 0.614. The highest BCUT2D eigenvalue weighted by Crippen LogP contribution is 2.36. The molecule has 0 radical (unpaired) electrons. The van der Waals surface area contributed by atoms with Crippen molar-refractivity contribution in [3.8, 4) is 0 Å². The molecule has 2 rings (SSSR count). The van der Waals surface area contributed by atoms with Crippen LogP contribution < -0.4 is 10.0 Å². The van der Waals surface area contributed by atoms with Crippen molar-refractivity contribution in [1.29, 1.82) is 0 Å². The second-order valence-electron chi connectivity index (χ2n) is 3.97. The fourth-order valence-electron chi connectivity index (χ4n) is 1.71. The second-order valence-corrected chi connectivity index (χ2v) is 6.96. The van der Waals surface area contributed by atoms with Gasteiger partial charge in [0.1, 0.15) is 4.21 Å². The first-order valence-corrected chi connectivity index (χ1v) is 7.80. The molecule has 0 bridgehead atoms. The fraction of sp³-hybridized carbons (Fsp3) is 0.556. The Bertz CT molecular complexity index is 577. The first kappa shape index (κ1) is 14.2. The van der Waals surface area contributed by atoms with E-state index in [1.807, 2.05) is 0 Å². The van der Waals surface area contributed by atoms with Crippen LogP contribution >= 0.6 is 11.3 Å². The van der Waals surface area contributed by atoms with E-state index in [0.717, 1.165) is 17.4 Å². The van der Waals surface area contributed by atoms with Gasteiger partial charge in [0, 0.05) is 25.8 Å². The van der Waals surface area contributed by atoms with Crippen molar-refractivity contribution in [3.05, 3.63) is 16.2 Å². The number of anilines is 1. The molecule has 8 nitrogen and oxygen atoms in total. The molecule has 19 heavy (non-hydrogen) atoms. The summed E-state index contributed by atoms with van der Waals surface area (Å²) < 4.78 is 31.7. The number of ether oxygens (including phenoxy) is 1. The molecule has 2 heterocycles. The predicted octanol–water partition coefficient (Wildman–Crippen LogP) is 0.765. The van der Waals surface area contributed by atoms with Crippen LogP contribution in [0.5, 0.6) is 0 Å². The summed E-state index contributed by atoms with van der Waals surface area (Å²) in [5.74, 6) is 0. The standard InChI is InChI=1S/C9H13N3O5S2/c1-10-9-7(12(13)14)4-8(18-9)19(15,16)11-6-2-3-17-5-6/h4,6,10-11H,2-3,5H2,1H3. The third-order valence-electron chi connectivity index (χ3n) is 2.63. The summed E-state index contributed by atoms with van der Waals surface area (Å²) >= 11 is 0.834. The lowest BCUT2D eigenvalue weighted by molar-refractivity contribution is -0.383. The van der Waals surface area contributed by atoms with Gasteiger partial charge in [-0.05, 0) is 6.42 Å². The van der Waals surface area contributed by atoms with Gasteiger partial charge < -0.3 is 10.1 Å². The molecule has 0 saturated carbocycles. The molecule has 0 amide bonds. The maximum atomic E-state index is 12.1. The Hall–Kier alpha value is -1.23. The highest BCUT2D eigenvalue weighted by atomic mass is 32.2. The van der Waals surface area contributed by atoms with E-state index in [0.29, 0.717) is 19.6 Å². The maximum Gasteiger partial charge on any atom is 0.304 e. The number of thiophene rings is 1. The smallest absolute Gasteiger partial charge is 0.304 e. The van der Waals surface area contributed by atoms with Crippen LogP contribution in [-0.2, 0) is 14.8 Å². The van der Waals surface area contributed by atoms with E-state index < -0.39 is 14.9 Å². The molecule has 0 spiro atoms.